The zero-order valence-corrected chi connectivity index (χ0v) is 12.5. The monoisotopic (exact) mass is 309 g/mol. The molecule has 1 N–H and O–H groups in total. The molecular formula is C16H15N5O2. The van der Waals surface area contributed by atoms with Gasteiger partial charge in [-0.15, -0.1) is 0 Å². The van der Waals surface area contributed by atoms with Crippen molar-refractivity contribution < 1.29 is 4.92 Å². The van der Waals surface area contributed by atoms with Crippen LogP contribution in [0.1, 0.15) is 17.3 Å². The molecule has 23 heavy (non-hydrogen) atoms. The van der Waals surface area contributed by atoms with Gasteiger partial charge in [-0.05, 0) is 27.6 Å². The molecule has 116 valence electrons. The number of nitrogens with one attached hydrogen (secondary N) is 1. The molecule has 2 aromatic heterocycles. The van der Waals surface area contributed by atoms with Crippen molar-refractivity contribution in [1.82, 2.24) is 14.5 Å². The predicted octanol–water partition coefficient (Wildman–Crippen LogP) is 2.92. The molecule has 0 aliphatic rings. The lowest BCUT2D eigenvalue weighted by molar-refractivity contribution is -0.388. The first kappa shape index (κ1) is 14.7. The quantitative estimate of drug-likeness (QED) is 0.578. The van der Waals surface area contributed by atoms with Crippen LogP contribution in [-0.4, -0.2) is 19.5 Å². The fourth-order valence-corrected chi connectivity index (χ4v) is 2.37. The highest BCUT2D eigenvalue weighted by atomic mass is 16.6. The Morgan fingerprint density at radius 1 is 1.13 bits per heavy atom. The van der Waals surface area contributed by atoms with Crippen LogP contribution in [0.15, 0.2) is 61.1 Å². The second kappa shape index (κ2) is 6.27. The smallest absolute Gasteiger partial charge is 0.358 e. The van der Waals surface area contributed by atoms with Gasteiger partial charge in [-0.25, -0.2) is 0 Å². The SMILES string of the molecule is Cn1cnc([N+](=O)[O-])c1NC(c1ccccc1)c1ccccn1. The predicted molar refractivity (Wildman–Crippen MR) is 86.0 cm³/mol. The largest absolute Gasteiger partial charge is 0.406 e. The van der Waals surface area contributed by atoms with Crippen LogP contribution in [0, 0.1) is 10.1 Å². The topological polar surface area (TPSA) is 85.9 Å². The highest BCUT2D eigenvalue weighted by Gasteiger charge is 2.24. The summed E-state index contributed by atoms with van der Waals surface area (Å²) in [6, 6.07) is 15.0. The van der Waals surface area contributed by atoms with Gasteiger partial charge in [-0.2, -0.15) is 0 Å². The molecule has 7 heteroatoms. The molecule has 0 fully saturated rings. The molecule has 0 amide bonds. The van der Waals surface area contributed by atoms with Crippen molar-refractivity contribution in [3.8, 4) is 0 Å². The number of aryl methyl sites for hydroxylation is 1. The summed E-state index contributed by atoms with van der Waals surface area (Å²) in [7, 11) is 1.71. The molecule has 0 aliphatic carbocycles. The molecule has 0 saturated heterocycles. The number of anilines is 1. The average molecular weight is 309 g/mol. The van der Waals surface area contributed by atoms with Gasteiger partial charge in [-0.1, -0.05) is 36.4 Å². The molecule has 1 unspecified atom stereocenters. The highest BCUT2D eigenvalue weighted by molar-refractivity contribution is 5.55. The summed E-state index contributed by atoms with van der Waals surface area (Å²) >= 11 is 0. The Kier molecular flexibility index (Phi) is 4.01. The number of nitro groups is 1. The van der Waals surface area contributed by atoms with Crippen molar-refractivity contribution in [3.05, 3.63) is 82.4 Å². The summed E-state index contributed by atoms with van der Waals surface area (Å²) < 4.78 is 1.59. The summed E-state index contributed by atoms with van der Waals surface area (Å²) in [5.74, 6) is 0.138. The van der Waals surface area contributed by atoms with E-state index in [4.69, 9.17) is 0 Å². The maximum absolute atomic E-state index is 11.2. The van der Waals surface area contributed by atoms with Crippen molar-refractivity contribution in [2.24, 2.45) is 7.05 Å². The van der Waals surface area contributed by atoms with E-state index in [1.807, 2.05) is 48.5 Å². The lowest BCUT2D eigenvalue weighted by atomic mass is 10.0. The normalized spacial score (nSPS) is 11.9. The first-order valence-corrected chi connectivity index (χ1v) is 7.05. The summed E-state index contributed by atoms with van der Waals surface area (Å²) in [6.45, 7) is 0. The first-order valence-electron chi connectivity index (χ1n) is 7.05. The van der Waals surface area contributed by atoms with Gasteiger partial charge in [0.15, 0.2) is 0 Å². The van der Waals surface area contributed by atoms with Gasteiger partial charge in [0.25, 0.3) is 0 Å². The number of nitrogens with zero attached hydrogens (tertiary/aromatic N) is 4. The van der Waals surface area contributed by atoms with Crippen LogP contribution >= 0.6 is 0 Å². The third-order valence-electron chi connectivity index (χ3n) is 3.49. The van der Waals surface area contributed by atoms with Crippen molar-refractivity contribution in [2.75, 3.05) is 5.32 Å². The van der Waals surface area contributed by atoms with Crippen LogP contribution < -0.4 is 5.32 Å². The molecule has 0 saturated carbocycles. The van der Waals surface area contributed by atoms with Crippen molar-refractivity contribution in [1.29, 1.82) is 0 Å². The number of aromatic nitrogens is 3. The Labute approximate surface area is 132 Å². The zero-order valence-electron chi connectivity index (χ0n) is 12.5. The van der Waals surface area contributed by atoms with E-state index in [-0.39, 0.29) is 11.9 Å². The molecule has 3 rings (SSSR count). The number of imidazole rings is 1. The Morgan fingerprint density at radius 2 is 1.87 bits per heavy atom. The number of pyridine rings is 1. The highest BCUT2D eigenvalue weighted by Crippen LogP contribution is 2.29. The molecular weight excluding hydrogens is 294 g/mol. The van der Waals surface area contributed by atoms with Gasteiger partial charge in [-0.3, -0.25) is 9.55 Å². The van der Waals surface area contributed by atoms with Gasteiger partial charge in [0.1, 0.15) is 0 Å². The maximum Gasteiger partial charge on any atom is 0.406 e. The fraction of sp³-hybridized carbons (Fsp3) is 0.125. The summed E-state index contributed by atoms with van der Waals surface area (Å²) in [6.07, 6.45) is 3.12. The van der Waals surface area contributed by atoms with E-state index >= 15 is 0 Å². The van der Waals surface area contributed by atoms with Crippen LogP contribution in [0.2, 0.25) is 0 Å². The lowest BCUT2D eigenvalue weighted by Gasteiger charge is -2.19. The van der Waals surface area contributed by atoms with E-state index in [1.165, 1.54) is 6.33 Å². The zero-order chi connectivity index (χ0) is 16.2. The van der Waals surface area contributed by atoms with Gasteiger partial charge < -0.3 is 15.4 Å². The van der Waals surface area contributed by atoms with Gasteiger partial charge in [0.2, 0.25) is 12.1 Å². The minimum atomic E-state index is -0.497. The molecule has 2 heterocycles. The van der Waals surface area contributed by atoms with Crippen LogP contribution in [0.5, 0.6) is 0 Å². The van der Waals surface area contributed by atoms with Crippen molar-refractivity contribution >= 4 is 11.6 Å². The minimum absolute atomic E-state index is 0.204. The molecule has 0 aliphatic heterocycles. The van der Waals surface area contributed by atoms with E-state index in [9.17, 15) is 10.1 Å². The first-order chi connectivity index (χ1) is 11.2. The van der Waals surface area contributed by atoms with E-state index in [2.05, 4.69) is 15.3 Å². The molecule has 0 spiro atoms. The third kappa shape index (κ3) is 3.03. The number of rotatable bonds is 5. The van der Waals surface area contributed by atoms with E-state index in [0.717, 1.165) is 11.3 Å². The standard InChI is InChI=1S/C16H15N5O2/c1-20-11-18-15(21(22)23)16(20)19-14(12-7-3-2-4-8-12)13-9-5-6-10-17-13/h2-11,14,19H,1H3. The molecule has 1 aromatic carbocycles. The Balaban J connectivity index is 2.04. The van der Waals surface area contributed by atoms with Crippen LogP contribution in [0.25, 0.3) is 0 Å². The number of benzene rings is 1. The summed E-state index contributed by atoms with van der Waals surface area (Å²) in [5.41, 5.74) is 1.73. The second-order valence-electron chi connectivity index (χ2n) is 5.03. The second-order valence-corrected chi connectivity index (χ2v) is 5.03. The van der Waals surface area contributed by atoms with Gasteiger partial charge >= 0.3 is 5.82 Å². The Morgan fingerprint density at radius 3 is 2.52 bits per heavy atom. The summed E-state index contributed by atoms with van der Waals surface area (Å²) in [4.78, 5) is 18.9. The average Bonchev–Trinajstić information content (AvgIpc) is 2.95. The Hall–Kier alpha value is -3.22. The van der Waals surface area contributed by atoms with E-state index < -0.39 is 4.92 Å². The van der Waals surface area contributed by atoms with Gasteiger partial charge in [0, 0.05) is 13.2 Å². The molecule has 7 nitrogen and oxygen atoms in total. The van der Waals surface area contributed by atoms with Crippen LogP contribution in [0.3, 0.4) is 0 Å². The summed E-state index contributed by atoms with van der Waals surface area (Å²) in [5, 5.41) is 14.4. The van der Waals surface area contributed by atoms with Crippen LogP contribution in [0.4, 0.5) is 11.6 Å². The third-order valence-corrected chi connectivity index (χ3v) is 3.49. The van der Waals surface area contributed by atoms with E-state index in [0.29, 0.717) is 5.82 Å². The molecule has 0 bridgehead atoms. The molecule has 0 radical (unpaired) electrons. The number of hydrogen-bond donors (Lipinski definition) is 1. The lowest BCUT2D eigenvalue weighted by Crippen LogP contribution is -2.16. The maximum atomic E-state index is 11.2. The Bertz CT molecular complexity index is 762. The van der Waals surface area contributed by atoms with Crippen molar-refractivity contribution in [2.45, 2.75) is 6.04 Å². The minimum Gasteiger partial charge on any atom is -0.358 e. The van der Waals surface area contributed by atoms with E-state index in [1.54, 1.807) is 17.8 Å². The van der Waals surface area contributed by atoms with Gasteiger partial charge in [0.05, 0.1) is 11.7 Å². The number of hydrogen-bond acceptors (Lipinski definition) is 5. The fourth-order valence-electron chi connectivity index (χ4n) is 2.37. The van der Waals surface area contributed by atoms with Crippen molar-refractivity contribution in [3.63, 3.8) is 0 Å². The molecule has 1 atom stereocenters. The van der Waals surface area contributed by atoms with Crippen LogP contribution in [-0.2, 0) is 7.05 Å². The molecule has 3 aromatic rings.